The van der Waals surface area contributed by atoms with Gasteiger partial charge in [0.1, 0.15) is 6.26 Å². The molecule has 7 nitrogen and oxygen atoms in total. The Morgan fingerprint density at radius 3 is 2.58 bits per heavy atom. The lowest BCUT2D eigenvalue weighted by molar-refractivity contribution is -0.0462. The normalized spacial score (nSPS) is 21.4. The maximum Gasteiger partial charge on any atom is 0.236 e. The second-order valence-electron chi connectivity index (χ2n) is 8.03. The predicted octanol–water partition coefficient (Wildman–Crippen LogP) is 3.79. The zero-order valence-corrected chi connectivity index (χ0v) is 17.5. The highest BCUT2D eigenvalue weighted by Gasteiger charge is 2.44. The molecule has 1 aliphatic heterocycles. The fourth-order valence-corrected chi connectivity index (χ4v) is 4.41. The van der Waals surface area contributed by atoms with Gasteiger partial charge < -0.3 is 24.8 Å². The van der Waals surface area contributed by atoms with Gasteiger partial charge in [-0.15, -0.1) is 5.48 Å². The topological polar surface area (TPSA) is 104 Å². The molecule has 8 heteroatoms. The zero-order valence-electron chi connectivity index (χ0n) is 16.7. The van der Waals surface area contributed by atoms with E-state index in [9.17, 15) is 15.0 Å². The minimum atomic E-state index is -1.53. The number of aromatic amines is 1. The van der Waals surface area contributed by atoms with Crippen LogP contribution in [0.5, 0.6) is 5.88 Å². The number of carbonyl (C=O) groups excluding carboxylic acids is 1. The van der Waals surface area contributed by atoms with Crippen LogP contribution in [0, 0.1) is 0 Å². The standard InChI is InChI=1S/C23H21ClN2O5/c1-30-23(8-9-31-26-23)20(28)19-16-10-15(17(24)11-18(16)25-21(19)29)13-2-4-14(5-3-13)22(12-27)6-7-22/h2-5,8-11,25-27,29H,6-7,12H2,1H3. The van der Waals surface area contributed by atoms with Crippen LogP contribution in [0.3, 0.4) is 0 Å². The average molecular weight is 441 g/mol. The molecule has 1 aliphatic carbocycles. The van der Waals surface area contributed by atoms with Crippen LogP contribution in [0.2, 0.25) is 5.02 Å². The molecule has 4 N–H and O–H groups in total. The summed E-state index contributed by atoms with van der Waals surface area (Å²) < 4.78 is 5.34. The highest BCUT2D eigenvalue weighted by Crippen LogP contribution is 2.48. The molecular weight excluding hydrogens is 420 g/mol. The number of hydrogen-bond donors (Lipinski definition) is 4. The van der Waals surface area contributed by atoms with Gasteiger partial charge in [0.15, 0.2) is 0 Å². The molecule has 1 atom stereocenters. The Kier molecular flexibility index (Phi) is 4.60. The third-order valence-corrected chi connectivity index (χ3v) is 6.61. The van der Waals surface area contributed by atoms with Crippen molar-refractivity contribution in [3.05, 3.63) is 64.9 Å². The van der Waals surface area contributed by atoms with Crippen LogP contribution in [0.25, 0.3) is 22.0 Å². The van der Waals surface area contributed by atoms with E-state index in [0.717, 1.165) is 29.5 Å². The zero-order chi connectivity index (χ0) is 21.8. The van der Waals surface area contributed by atoms with Crippen molar-refractivity contribution in [3.8, 4) is 17.0 Å². The van der Waals surface area contributed by atoms with Crippen molar-refractivity contribution in [3.63, 3.8) is 0 Å². The van der Waals surface area contributed by atoms with Gasteiger partial charge in [-0.25, -0.2) is 0 Å². The monoisotopic (exact) mass is 440 g/mol. The quantitative estimate of drug-likeness (QED) is 0.435. The molecule has 2 heterocycles. The number of ketones is 1. The third-order valence-electron chi connectivity index (χ3n) is 6.30. The van der Waals surface area contributed by atoms with E-state index in [1.54, 1.807) is 12.1 Å². The van der Waals surface area contributed by atoms with Crippen LogP contribution in [0.1, 0.15) is 28.8 Å². The number of rotatable bonds is 6. The van der Waals surface area contributed by atoms with Crippen molar-refractivity contribution in [1.82, 2.24) is 10.5 Å². The SMILES string of the molecule is COC1(C(=O)c2c(O)[nH]c3cc(Cl)c(-c4ccc(C5(CO)CC5)cc4)cc23)C=CON1. The molecule has 5 rings (SSSR count). The molecule has 2 aliphatic rings. The number of aliphatic hydroxyl groups excluding tert-OH is 1. The van der Waals surface area contributed by atoms with Gasteiger partial charge >= 0.3 is 0 Å². The molecule has 2 aromatic carbocycles. The molecule has 1 unspecified atom stereocenters. The van der Waals surface area contributed by atoms with Gasteiger partial charge in [0, 0.05) is 29.6 Å². The number of hydroxylamine groups is 1. The summed E-state index contributed by atoms with van der Waals surface area (Å²) in [7, 11) is 1.37. The molecule has 0 amide bonds. The molecule has 3 aromatic rings. The van der Waals surface area contributed by atoms with E-state index in [-0.39, 0.29) is 23.5 Å². The molecule has 0 saturated heterocycles. The number of aromatic nitrogens is 1. The Balaban J connectivity index is 1.60. The molecule has 1 fully saturated rings. The van der Waals surface area contributed by atoms with Crippen molar-refractivity contribution in [1.29, 1.82) is 0 Å². The summed E-state index contributed by atoms with van der Waals surface area (Å²) >= 11 is 6.54. The minimum Gasteiger partial charge on any atom is -0.494 e. The molecule has 0 spiro atoms. The smallest absolute Gasteiger partial charge is 0.236 e. The number of ether oxygens (including phenoxy) is 1. The first-order valence-corrected chi connectivity index (χ1v) is 10.3. The van der Waals surface area contributed by atoms with Crippen molar-refractivity contribution in [2.24, 2.45) is 0 Å². The minimum absolute atomic E-state index is 0.0752. The number of Topliss-reactive ketones (excluding diaryl/α,β-unsaturated/α-hetero) is 1. The van der Waals surface area contributed by atoms with E-state index in [4.69, 9.17) is 21.2 Å². The van der Waals surface area contributed by atoms with Gasteiger partial charge in [-0.05, 0) is 36.1 Å². The van der Waals surface area contributed by atoms with Gasteiger partial charge in [-0.2, -0.15) is 0 Å². The fraction of sp³-hybridized carbons (Fsp3) is 0.261. The number of halogens is 1. The summed E-state index contributed by atoms with van der Waals surface area (Å²) in [6.45, 7) is 0.139. The number of nitrogens with one attached hydrogen (secondary N) is 2. The summed E-state index contributed by atoms with van der Waals surface area (Å²) in [4.78, 5) is 21.1. The number of hydrogen-bond acceptors (Lipinski definition) is 6. The first-order chi connectivity index (χ1) is 14.9. The van der Waals surface area contributed by atoms with E-state index < -0.39 is 11.5 Å². The van der Waals surface area contributed by atoms with Crippen LogP contribution in [0.15, 0.2) is 48.7 Å². The van der Waals surface area contributed by atoms with Gasteiger partial charge in [0.05, 0.1) is 22.7 Å². The Morgan fingerprint density at radius 1 is 1.26 bits per heavy atom. The largest absolute Gasteiger partial charge is 0.494 e. The lowest BCUT2D eigenvalue weighted by atomic mass is 9.93. The van der Waals surface area contributed by atoms with Crippen molar-refractivity contribution in [2.45, 2.75) is 24.0 Å². The molecule has 1 aromatic heterocycles. The van der Waals surface area contributed by atoms with Gasteiger partial charge in [-0.1, -0.05) is 35.9 Å². The number of aliphatic hydroxyl groups is 1. The second kappa shape index (κ2) is 7.10. The Hall–Kier alpha value is -2.84. The molecule has 160 valence electrons. The summed E-state index contributed by atoms with van der Waals surface area (Å²) in [6.07, 6.45) is 4.72. The van der Waals surface area contributed by atoms with Crippen molar-refractivity contribution < 1.29 is 24.6 Å². The summed E-state index contributed by atoms with van der Waals surface area (Å²) in [5.74, 6) is -0.782. The molecule has 1 saturated carbocycles. The van der Waals surface area contributed by atoms with Crippen LogP contribution >= 0.6 is 11.6 Å². The van der Waals surface area contributed by atoms with Crippen LogP contribution in [-0.2, 0) is 15.0 Å². The lowest BCUT2D eigenvalue weighted by Crippen LogP contribution is -2.48. The lowest BCUT2D eigenvalue weighted by Gasteiger charge is -2.22. The second-order valence-corrected chi connectivity index (χ2v) is 8.44. The maximum atomic E-state index is 13.3. The predicted molar refractivity (Wildman–Crippen MR) is 116 cm³/mol. The Morgan fingerprint density at radius 2 is 2.00 bits per heavy atom. The van der Waals surface area contributed by atoms with Crippen LogP contribution < -0.4 is 5.48 Å². The highest BCUT2D eigenvalue weighted by molar-refractivity contribution is 6.34. The van der Waals surface area contributed by atoms with Crippen molar-refractivity contribution >= 4 is 28.3 Å². The number of benzene rings is 2. The van der Waals surface area contributed by atoms with Crippen LogP contribution in [-0.4, -0.2) is 40.4 Å². The summed E-state index contributed by atoms with van der Waals surface area (Å²) in [5, 5.41) is 21.2. The Labute approximate surface area is 183 Å². The van der Waals surface area contributed by atoms with E-state index in [2.05, 4.69) is 10.5 Å². The van der Waals surface area contributed by atoms with E-state index in [0.29, 0.717) is 15.9 Å². The first kappa shape index (κ1) is 20.1. The first-order valence-electron chi connectivity index (χ1n) is 9.89. The maximum absolute atomic E-state index is 13.3. The summed E-state index contributed by atoms with van der Waals surface area (Å²) in [6, 6.07) is 11.4. The van der Waals surface area contributed by atoms with Crippen molar-refractivity contribution in [2.75, 3.05) is 13.7 Å². The van der Waals surface area contributed by atoms with Gasteiger partial charge in [0.2, 0.25) is 17.4 Å². The van der Waals surface area contributed by atoms with Gasteiger partial charge in [-0.3, -0.25) is 4.79 Å². The Bertz CT molecular complexity index is 1210. The molecule has 0 radical (unpaired) electrons. The number of aromatic hydroxyl groups is 1. The highest BCUT2D eigenvalue weighted by atomic mass is 35.5. The number of methoxy groups -OCH3 is 1. The number of fused-ring (bicyclic) bond motifs is 1. The molecular formula is C23H21ClN2O5. The third kappa shape index (κ3) is 3.04. The average Bonchev–Trinajstić information content (AvgIpc) is 3.31. The van der Waals surface area contributed by atoms with E-state index in [1.165, 1.54) is 19.4 Å². The molecule has 0 bridgehead atoms. The summed E-state index contributed by atoms with van der Waals surface area (Å²) in [5.41, 5.74) is 4.18. The van der Waals surface area contributed by atoms with Crippen LogP contribution in [0.4, 0.5) is 0 Å². The van der Waals surface area contributed by atoms with Gasteiger partial charge in [0.25, 0.3) is 0 Å². The molecule has 31 heavy (non-hydrogen) atoms. The van der Waals surface area contributed by atoms with E-state index in [1.807, 2.05) is 24.3 Å². The fourth-order valence-electron chi connectivity index (χ4n) is 4.14. The van der Waals surface area contributed by atoms with E-state index >= 15 is 0 Å². The number of carbonyl (C=O) groups is 1. The number of H-pyrrole nitrogens is 1.